The van der Waals surface area contributed by atoms with Gasteiger partial charge in [-0.1, -0.05) is 0 Å². The second-order valence-corrected chi connectivity index (χ2v) is 5.08. The molecule has 1 aromatic rings. The number of benzene rings is 1. The molecular formula is C15H15F3N2O4. The fourth-order valence-corrected chi connectivity index (χ4v) is 2.09. The summed E-state index contributed by atoms with van der Waals surface area (Å²) in [6, 6.07) is 4.17. The van der Waals surface area contributed by atoms with Crippen molar-refractivity contribution < 1.29 is 32.6 Å². The number of alkyl halides is 3. The van der Waals surface area contributed by atoms with Crippen LogP contribution in [0.15, 0.2) is 30.0 Å². The summed E-state index contributed by atoms with van der Waals surface area (Å²) in [6.07, 6.45) is -3.33. The number of aliphatic hydroxyl groups is 1. The summed E-state index contributed by atoms with van der Waals surface area (Å²) >= 11 is 0. The molecule has 1 aliphatic heterocycles. The van der Waals surface area contributed by atoms with E-state index in [-0.39, 0.29) is 24.6 Å². The summed E-state index contributed by atoms with van der Waals surface area (Å²) in [6.45, 7) is -0.227. The van der Waals surface area contributed by atoms with Crippen LogP contribution in [0.1, 0.15) is 5.56 Å². The molecule has 1 aliphatic rings. The number of aliphatic hydroxyl groups excluding tert-OH is 1. The van der Waals surface area contributed by atoms with Crippen molar-refractivity contribution in [2.75, 3.05) is 25.1 Å². The van der Waals surface area contributed by atoms with E-state index in [1.54, 1.807) is 6.92 Å². The SMILES string of the molecule is Cc1cc(OCC(F)(F)F)ccc1NC1=CC(=O)N(CCO)C1=O. The molecule has 2 rings (SSSR count). The van der Waals surface area contributed by atoms with Crippen LogP contribution in [-0.4, -0.2) is 47.8 Å². The monoisotopic (exact) mass is 344 g/mol. The fraction of sp³-hybridized carbons (Fsp3) is 0.333. The zero-order valence-electron chi connectivity index (χ0n) is 12.7. The third kappa shape index (κ3) is 4.25. The van der Waals surface area contributed by atoms with Crippen LogP contribution in [0.4, 0.5) is 18.9 Å². The second kappa shape index (κ2) is 6.91. The lowest BCUT2D eigenvalue weighted by Gasteiger charge is -2.15. The predicted molar refractivity (Wildman–Crippen MR) is 78.2 cm³/mol. The minimum atomic E-state index is -4.43. The smallest absolute Gasteiger partial charge is 0.422 e. The highest BCUT2D eigenvalue weighted by Gasteiger charge is 2.31. The highest BCUT2D eigenvalue weighted by atomic mass is 19.4. The lowest BCUT2D eigenvalue weighted by Crippen LogP contribution is -2.34. The molecule has 0 unspecified atom stereocenters. The van der Waals surface area contributed by atoms with Gasteiger partial charge in [0.2, 0.25) is 0 Å². The first-order valence-corrected chi connectivity index (χ1v) is 6.97. The first kappa shape index (κ1) is 17.8. The Morgan fingerprint density at radius 3 is 2.58 bits per heavy atom. The van der Waals surface area contributed by atoms with Crippen LogP contribution in [0.2, 0.25) is 0 Å². The van der Waals surface area contributed by atoms with E-state index in [0.717, 1.165) is 11.0 Å². The first-order valence-electron chi connectivity index (χ1n) is 6.97. The Morgan fingerprint density at radius 2 is 2.00 bits per heavy atom. The Balaban J connectivity index is 2.07. The molecule has 0 spiro atoms. The average molecular weight is 344 g/mol. The van der Waals surface area contributed by atoms with E-state index in [1.807, 2.05) is 0 Å². The topological polar surface area (TPSA) is 78.9 Å². The number of amides is 2. The summed E-state index contributed by atoms with van der Waals surface area (Å²) in [5.74, 6) is -1.08. The number of nitrogens with zero attached hydrogens (tertiary/aromatic N) is 1. The van der Waals surface area contributed by atoms with Crippen LogP contribution in [0.5, 0.6) is 5.75 Å². The zero-order valence-corrected chi connectivity index (χ0v) is 12.7. The summed E-state index contributed by atoms with van der Waals surface area (Å²) in [4.78, 5) is 24.5. The maximum atomic E-state index is 12.1. The Labute approximate surface area is 135 Å². The van der Waals surface area contributed by atoms with E-state index in [9.17, 15) is 22.8 Å². The lowest BCUT2D eigenvalue weighted by molar-refractivity contribution is -0.153. The Morgan fingerprint density at radius 1 is 1.29 bits per heavy atom. The van der Waals surface area contributed by atoms with E-state index in [1.165, 1.54) is 18.2 Å². The van der Waals surface area contributed by atoms with Crippen molar-refractivity contribution in [3.63, 3.8) is 0 Å². The number of hydrogen-bond acceptors (Lipinski definition) is 5. The molecule has 6 nitrogen and oxygen atoms in total. The molecule has 0 saturated heterocycles. The number of aryl methyl sites for hydroxylation is 1. The van der Waals surface area contributed by atoms with Crippen LogP contribution >= 0.6 is 0 Å². The molecule has 2 amide bonds. The average Bonchev–Trinajstić information content (AvgIpc) is 2.75. The number of halogens is 3. The Kier molecular flexibility index (Phi) is 5.13. The number of hydrogen-bond donors (Lipinski definition) is 2. The van der Waals surface area contributed by atoms with Crippen molar-refractivity contribution in [1.29, 1.82) is 0 Å². The quantitative estimate of drug-likeness (QED) is 0.767. The highest BCUT2D eigenvalue weighted by molar-refractivity contribution is 6.17. The fourth-order valence-electron chi connectivity index (χ4n) is 2.09. The molecule has 2 N–H and O–H groups in total. The van der Waals surface area contributed by atoms with Gasteiger partial charge in [0.1, 0.15) is 11.4 Å². The zero-order chi connectivity index (χ0) is 17.9. The van der Waals surface area contributed by atoms with E-state index >= 15 is 0 Å². The third-order valence-corrected chi connectivity index (χ3v) is 3.20. The number of nitrogens with one attached hydrogen (secondary N) is 1. The molecule has 24 heavy (non-hydrogen) atoms. The van der Waals surface area contributed by atoms with Crippen molar-refractivity contribution in [1.82, 2.24) is 4.90 Å². The van der Waals surface area contributed by atoms with Gasteiger partial charge < -0.3 is 15.2 Å². The van der Waals surface area contributed by atoms with Crippen LogP contribution in [0.25, 0.3) is 0 Å². The minimum Gasteiger partial charge on any atom is -0.484 e. The maximum absolute atomic E-state index is 12.1. The van der Waals surface area contributed by atoms with E-state index in [0.29, 0.717) is 11.3 Å². The van der Waals surface area contributed by atoms with Gasteiger partial charge in [-0.15, -0.1) is 0 Å². The van der Waals surface area contributed by atoms with E-state index in [4.69, 9.17) is 5.11 Å². The van der Waals surface area contributed by atoms with E-state index < -0.39 is 24.6 Å². The summed E-state index contributed by atoms with van der Waals surface area (Å²) in [5, 5.41) is 11.6. The largest absolute Gasteiger partial charge is 0.484 e. The molecule has 0 bridgehead atoms. The van der Waals surface area contributed by atoms with Gasteiger partial charge in [0.15, 0.2) is 6.61 Å². The van der Waals surface area contributed by atoms with Crippen LogP contribution in [0.3, 0.4) is 0 Å². The minimum absolute atomic E-state index is 0.0282. The number of rotatable bonds is 6. The number of anilines is 1. The van der Waals surface area contributed by atoms with Crippen LogP contribution < -0.4 is 10.1 Å². The van der Waals surface area contributed by atoms with Gasteiger partial charge in [-0.05, 0) is 30.7 Å². The number of imide groups is 1. The second-order valence-electron chi connectivity index (χ2n) is 5.08. The third-order valence-electron chi connectivity index (χ3n) is 3.20. The van der Waals surface area contributed by atoms with Gasteiger partial charge in [-0.3, -0.25) is 14.5 Å². The van der Waals surface area contributed by atoms with Gasteiger partial charge in [-0.25, -0.2) is 0 Å². The van der Waals surface area contributed by atoms with Crippen molar-refractivity contribution in [3.8, 4) is 5.75 Å². The van der Waals surface area contributed by atoms with Gasteiger partial charge >= 0.3 is 6.18 Å². The summed E-state index contributed by atoms with van der Waals surface area (Å²) in [5.41, 5.74) is 1.02. The predicted octanol–water partition coefficient (Wildman–Crippen LogP) is 1.59. The molecule has 130 valence electrons. The van der Waals surface area contributed by atoms with Gasteiger partial charge in [0, 0.05) is 11.8 Å². The van der Waals surface area contributed by atoms with Crippen molar-refractivity contribution in [2.45, 2.75) is 13.1 Å². The molecule has 0 fully saturated rings. The first-order chi connectivity index (χ1) is 11.2. The lowest BCUT2D eigenvalue weighted by atomic mass is 10.2. The van der Waals surface area contributed by atoms with Crippen molar-refractivity contribution >= 4 is 17.5 Å². The molecular weight excluding hydrogens is 329 g/mol. The van der Waals surface area contributed by atoms with Gasteiger partial charge in [-0.2, -0.15) is 13.2 Å². The van der Waals surface area contributed by atoms with Crippen molar-refractivity contribution in [2.24, 2.45) is 0 Å². The molecule has 1 heterocycles. The van der Waals surface area contributed by atoms with Gasteiger partial charge in [0.05, 0.1) is 13.2 Å². The van der Waals surface area contributed by atoms with Gasteiger partial charge in [0.25, 0.3) is 11.8 Å². The number of carbonyl (C=O) groups excluding carboxylic acids is 2. The molecule has 9 heteroatoms. The van der Waals surface area contributed by atoms with Crippen LogP contribution in [-0.2, 0) is 9.59 Å². The standard InChI is InChI=1S/C15H15F3N2O4/c1-9-6-10(24-8-15(16,17)18)2-3-11(9)19-12-7-13(22)20(4-5-21)14(12)23/h2-3,6-7,19,21H,4-5,8H2,1H3. The summed E-state index contributed by atoms with van der Waals surface area (Å²) in [7, 11) is 0. The normalized spacial score (nSPS) is 14.9. The molecule has 0 atom stereocenters. The Hall–Kier alpha value is -2.55. The number of ether oxygens (including phenoxy) is 1. The van der Waals surface area contributed by atoms with Crippen molar-refractivity contribution in [3.05, 3.63) is 35.5 Å². The van der Waals surface area contributed by atoms with E-state index in [2.05, 4.69) is 10.1 Å². The maximum Gasteiger partial charge on any atom is 0.422 e. The molecule has 0 aromatic heterocycles. The number of β-amino-alcohol motifs (C(OH)–C–C–N with tert-alkyl or cyclic N) is 1. The summed E-state index contributed by atoms with van der Waals surface area (Å²) < 4.78 is 41.0. The molecule has 0 saturated carbocycles. The number of carbonyl (C=O) groups is 2. The molecule has 1 aromatic carbocycles. The Bertz CT molecular complexity index is 686. The molecule has 0 aliphatic carbocycles. The highest BCUT2D eigenvalue weighted by Crippen LogP contribution is 2.25. The van der Waals surface area contributed by atoms with Crippen LogP contribution in [0, 0.1) is 6.92 Å². The molecule has 0 radical (unpaired) electrons.